The van der Waals surface area contributed by atoms with Crippen molar-refractivity contribution >= 4 is 0 Å². The molecule has 0 unspecified atom stereocenters. The minimum absolute atomic E-state index is 0. The molecule has 158 valence electrons. The van der Waals surface area contributed by atoms with Gasteiger partial charge in [0.05, 0.1) is 0 Å². The van der Waals surface area contributed by atoms with Crippen molar-refractivity contribution in [3.63, 3.8) is 0 Å². The number of aryl methyl sites for hydroxylation is 1. The summed E-state index contributed by atoms with van der Waals surface area (Å²) >= 11 is 0. The number of allylic oxidation sites excluding steroid dienone is 2. The molecule has 0 aromatic heterocycles. The third kappa shape index (κ3) is 14.6. The molecule has 1 atom stereocenters. The van der Waals surface area contributed by atoms with E-state index < -0.39 is 0 Å². The minimum Gasteiger partial charge on any atom is -0.400 e. The van der Waals surface area contributed by atoms with Crippen LogP contribution < -0.4 is 5.32 Å². The molecule has 0 heterocycles. The van der Waals surface area contributed by atoms with Crippen LogP contribution in [0.5, 0.6) is 0 Å². The quantitative estimate of drug-likeness (QED) is 0.481. The van der Waals surface area contributed by atoms with Gasteiger partial charge in [-0.3, -0.25) is 0 Å². The fourth-order valence-corrected chi connectivity index (χ4v) is 2.68. The number of aliphatic hydroxyl groups excluding tert-OH is 1. The first kappa shape index (κ1) is 25.9. The van der Waals surface area contributed by atoms with E-state index in [1.54, 1.807) is 0 Å². The van der Waals surface area contributed by atoms with E-state index in [1.165, 1.54) is 56.1 Å². The highest BCUT2D eigenvalue weighted by molar-refractivity contribution is 5.25. The Balaban J connectivity index is 0. The van der Waals surface area contributed by atoms with Gasteiger partial charge in [-0.1, -0.05) is 83.4 Å². The average Bonchev–Trinajstić information content (AvgIpc) is 3.49. The predicted octanol–water partition coefficient (Wildman–Crippen LogP) is 6.94. The summed E-state index contributed by atoms with van der Waals surface area (Å²) < 4.78 is 0. The molecule has 1 aromatic rings. The van der Waals surface area contributed by atoms with Gasteiger partial charge in [0.2, 0.25) is 0 Å². The Morgan fingerprint density at radius 3 is 2.41 bits per heavy atom. The molecule has 0 amide bonds. The van der Waals surface area contributed by atoms with Gasteiger partial charge in [-0.2, -0.15) is 0 Å². The zero-order valence-corrected chi connectivity index (χ0v) is 19.0. The van der Waals surface area contributed by atoms with Crippen LogP contribution in [0, 0.1) is 11.3 Å². The Kier molecular flexibility index (Phi) is 14.3. The molecule has 1 aliphatic rings. The van der Waals surface area contributed by atoms with E-state index in [0.29, 0.717) is 11.5 Å². The van der Waals surface area contributed by atoms with Crippen molar-refractivity contribution in [3.05, 3.63) is 47.5 Å². The Hall–Kier alpha value is -1.12. The summed E-state index contributed by atoms with van der Waals surface area (Å²) in [5.74, 6) is 1.04. The van der Waals surface area contributed by atoms with Gasteiger partial charge in [0.25, 0.3) is 0 Å². The minimum atomic E-state index is 0. The second-order valence-corrected chi connectivity index (χ2v) is 8.76. The zero-order chi connectivity index (χ0) is 20.7. The maximum Gasteiger partial charge on any atom is 0.0319 e. The van der Waals surface area contributed by atoms with E-state index in [4.69, 9.17) is 5.11 Å². The molecule has 0 saturated heterocycles. The first-order chi connectivity index (χ1) is 12.9. The topological polar surface area (TPSA) is 32.3 Å². The van der Waals surface area contributed by atoms with Gasteiger partial charge in [-0.25, -0.2) is 0 Å². The van der Waals surface area contributed by atoms with Crippen LogP contribution in [0.4, 0.5) is 0 Å². The number of unbranched alkanes of at least 4 members (excludes halogenated alkanes) is 1. The van der Waals surface area contributed by atoms with E-state index in [2.05, 4.69) is 76.4 Å². The highest BCUT2D eigenvalue weighted by Gasteiger charge is 2.20. The standard InChI is InChI=1S/C14H21N.C10H20.CH4O.H2/c1-11(15-2)14-5-3-4-13(10-14)9-8-12-6-7-12;1-5-6-7-8-9-10(2,3)4;1-2;/h3-5,10-12,15H,6-9H2,1-2H3;7-8H,5-6,9H2,1-4H3;2H,1H3;1H/b;8-7-;;/t11-;;;/m1.../s1. The third-order valence-electron chi connectivity index (χ3n) is 4.77. The average molecular weight is 378 g/mol. The number of hydrogen-bond donors (Lipinski definition) is 2. The first-order valence-corrected chi connectivity index (χ1v) is 10.7. The summed E-state index contributed by atoms with van der Waals surface area (Å²) in [6.07, 6.45) is 13.9. The second kappa shape index (κ2) is 14.9. The van der Waals surface area contributed by atoms with Gasteiger partial charge >= 0.3 is 0 Å². The summed E-state index contributed by atoms with van der Waals surface area (Å²) in [5, 5.41) is 10.3. The van der Waals surface area contributed by atoms with Crippen molar-refractivity contribution < 1.29 is 6.53 Å². The molecule has 27 heavy (non-hydrogen) atoms. The Bertz CT molecular complexity index is 504. The van der Waals surface area contributed by atoms with Gasteiger partial charge in [0.1, 0.15) is 0 Å². The van der Waals surface area contributed by atoms with Crippen molar-refractivity contribution in [2.75, 3.05) is 14.2 Å². The lowest BCUT2D eigenvalue weighted by Gasteiger charge is -2.14. The van der Waals surface area contributed by atoms with Gasteiger partial charge < -0.3 is 10.4 Å². The fraction of sp³-hybridized carbons (Fsp3) is 0.680. The van der Waals surface area contributed by atoms with Gasteiger partial charge in [-0.05, 0) is 62.1 Å². The van der Waals surface area contributed by atoms with Crippen LogP contribution in [-0.2, 0) is 6.42 Å². The molecule has 0 bridgehead atoms. The molecule has 2 nitrogen and oxygen atoms in total. The summed E-state index contributed by atoms with van der Waals surface area (Å²) in [7, 11) is 3.02. The van der Waals surface area contributed by atoms with Crippen LogP contribution in [0.15, 0.2) is 36.4 Å². The molecule has 2 rings (SSSR count). The van der Waals surface area contributed by atoms with Gasteiger partial charge in [0.15, 0.2) is 0 Å². The lowest BCUT2D eigenvalue weighted by molar-refractivity contribution is 0.399. The van der Waals surface area contributed by atoms with Crippen molar-refractivity contribution in [1.29, 1.82) is 0 Å². The molecule has 0 spiro atoms. The number of aliphatic hydroxyl groups is 1. The number of rotatable bonds is 8. The van der Waals surface area contributed by atoms with Crippen molar-refractivity contribution in [2.24, 2.45) is 11.3 Å². The SMILES string of the molecule is CCC/C=C\CC(C)(C)C.CN[C@H](C)c1cccc(CCC2CC2)c1.CO.[HH]. The normalized spacial score (nSPS) is 14.8. The van der Waals surface area contributed by atoms with Crippen LogP contribution >= 0.6 is 0 Å². The van der Waals surface area contributed by atoms with Crippen molar-refractivity contribution in [3.8, 4) is 0 Å². The molecule has 2 N–H and O–H groups in total. The van der Waals surface area contributed by atoms with Crippen LogP contribution in [0.3, 0.4) is 0 Å². The number of hydrogen-bond acceptors (Lipinski definition) is 2. The zero-order valence-electron chi connectivity index (χ0n) is 19.0. The molecule has 0 radical (unpaired) electrons. The van der Waals surface area contributed by atoms with E-state index in [0.717, 1.165) is 13.0 Å². The van der Waals surface area contributed by atoms with Crippen LogP contribution in [-0.4, -0.2) is 19.3 Å². The first-order valence-electron chi connectivity index (χ1n) is 10.7. The predicted molar refractivity (Wildman–Crippen MR) is 123 cm³/mol. The lowest BCUT2D eigenvalue weighted by atomic mass is 9.92. The third-order valence-corrected chi connectivity index (χ3v) is 4.77. The molecule has 1 fully saturated rings. The molecular formula is C25H47NO. The second-order valence-electron chi connectivity index (χ2n) is 8.76. The molecule has 1 aliphatic carbocycles. The van der Waals surface area contributed by atoms with Gasteiger partial charge in [-0.15, -0.1) is 0 Å². The van der Waals surface area contributed by atoms with E-state index >= 15 is 0 Å². The maximum atomic E-state index is 7.00. The van der Waals surface area contributed by atoms with Crippen molar-refractivity contribution in [2.45, 2.75) is 85.6 Å². The van der Waals surface area contributed by atoms with Crippen LogP contribution in [0.25, 0.3) is 0 Å². The lowest BCUT2D eigenvalue weighted by Crippen LogP contribution is -2.12. The van der Waals surface area contributed by atoms with Crippen LogP contribution in [0.1, 0.15) is 91.7 Å². The van der Waals surface area contributed by atoms with Crippen LogP contribution in [0.2, 0.25) is 0 Å². The molecular weight excluding hydrogens is 330 g/mol. The number of benzene rings is 1. The highest BCUT2D eigenvalue weighted by atomic mass is 16.2. The summed E-state index contributed by atoms with van der Waals surface area (Å²) in [6.45, 7) is 11.2. The highest BCUT2D eigenvalue weighted by Crippen LogP contribution is 2.33. The smallest absolute Gasteiger partial charge is 0.0319 e. The largest absolute Gasteiger partial charge is 0.400 e. The molecule has 1 aromatic carbocycles. The molecule has 1 saturated carbocycles. The van der Waals surface area contributed by atoms with E-state index in [1.807, 2.05) is 7.05 Å². The Morgan fingerprint density at radius 2 is 1.89 bits per heavy atom. The van der Waals surface area contributed by atoms with Crippen molar-refractivity contribution in [1.82, 2.24) is 5.32 Å². The summed E-state index contributed by atoms with van der Waals surface area (Å²) in [4.78, 5) is 0. The molecule has 0 aliphatic heterocycles. The van der Waals surface area contributed by atoms with Gasteiger partial charge in [0, 0.05) is 14.6 Å². The summed E-state index contributed by atoms with van der Waals surface area (Å²) in [5.41, 5.74) is 3.37. The number of nitrogens with one attached hydrogen (secondary N) is 1. The monoisotopic (exact) mass is 377 g/mol. The fourth-order valence-electron chi connectivity index (χ4n) is 2.68. The Labute approximate surface area is 171 Å². The Morgan fingerprint density at radius 1 is 1.22 bits per heavy atom. The summed E-state index contributed by atoms with van der Waals surface area (Å²) in [6, 6.07) is 9.47. The maximum absolute atomic E-state index is 7.00. The van der Waals surface area contributed by atoms with E-state index in [9.17, 15) is 0 Å². The molecule has 2 heteroatoms. The van der Waals surface area contributed by atoms with E-state index in [-0.39, 0.29) is 1.43 Å².